The third-order valence-corrected chi connectivity index (χ3v) is 7.55. The highest BCUT2D eigenvalue weighted by atomic mass is 32.2. The number of carbonyl (C=O) groups excluding carboxylic acids is 1. The molecular weight excluding hydrogens is 426 g/mol. The number of sulfonamides is 1. The van der Waals surface area contributed by atoms with Crippen molar-refractivity contribution in [2.45, 2.75) is 43.7 Å². The number of aryl methyl sites for hydroxylation is 1. The standard InChI is InChI=1S/C24H33N3O4S/c1-26(2)32(29,30)22-10-11-23(31-3)21(16-22)9-12-24(28)25-17-19-7-6-8-20(15-19)18-27-13-4-5-14-27/h6-8,10-11,15-16H,4-5,9,12-14,17-18H2,1-3H3,(H,25,28). The summed E-state index contributed by atoms with van der Waals surface area (Å²) in [5.74, 6) is 0.489. The van der Waals surface area contributed by atoms with Crippen LogP contribution in [-0.4, -0.2) is 57.8 Å². The molecule has 0 unspecified atom stereocenters. The number of carbonyl (C=O) groups is 1. The van der Waals surface area contributed by atoms with E-state index in [0.717, 1.165) is 25.2 Å². The number of rotatable bonds is 10. The normalized spacial score (nSPS) is 14.6. The Morgan fingerprint density at radius 1 is 1.09 bits per heavy atom. The van der Waals surface area contributed by atoms with E-state index in [2.05, 4.69) is 22.3 Å². The van der Waals surface area contributed by atoms with Crippen molar-refractivity contribution in [3.05, 3.63) is 59.2 Å². The predicted molar refractivity (Wildman–Crippen MR) is 125 cm³/mol. The van der Waals surface area contributed by atoms with Crippen molar-refractivity contribution in [1.29, 1.82) is 0 Å². The van der Waals surface area contributed by atoms with Gasteiger partial charge in [0.25, 0.3) is 0 Å². The lowest BCUT2D eigenvalue weighted by atomic mass is 10.1. The summed E-state index contributed by atoms with van der Waals surface area (Å²) in [4.78, 5) is 15.1. The Balaban J connectivity index is 1.57. The van der Waals surface area contributed by atoms with Crippen LogP contribution in [0.5, 0.6) is 5.75 Å². The monoisotopic (exact) mass is 459 g/mol. The summed E-state index contributed by atoms with van der Waals surface area (Å²) in [6.45, 7) is 3.73. The molecule has 0 atom stereocenters. The lowest BCUT2D eigenvalue weighted by Gasteiger charge is -2.15. The van der Waals surface area contributed by atoms with Gasteiger partial charge in [-0.25, -0.2) is 12.7 Å². The zero-order valence-electron chi connectivity index (χ0n) is 19.1. The zero-order chi connectivity index (χ0) is 23.1. The molecule has 0 saturated carbocycles. The van der Waals surface area contributed by atoms with E-state index in [1.165, 1.54) is 50.0 Å². The van der Waals surface area contributed by atoms with E-state index in [1.54, 1.807) is 12.1 Å². The Morgan fingerprint density at radius 3 is 2.50 bits per heavy atom. The van der Waals surface area contributed by atoms with Gasteiger partial charge in [-0.1, -0.05) is 24.3 Å². The van der Waals surface area contributed by atoms with Crippen LogP contribution in [-0.2, 0) is 34.3 Å². The van der Waals surface area contributed by atoms with Crippen molar-refractivity contribution in [2.75, 3.05) is 34.3 Å². The van der Waals surface area contributed by atoms with Gasteiger partial charge in [-0.3, -0.25) is 9.69 Å². The molecule has 2 aromatic carbocycles. The first-order valence-corrected chi connectivity index (χ1v) is 12.4. The fourth-order valence-corrected chi connectivity index (χ4v) is 4.85. The van der Waals surface area contributed by atoms with Gasteiger partial charge in [0.15, 0.2) is 0 Å². The minimum absolute atomic E-state index is 0.0853. The van der Waals surface area contributed by atoms with Crippen molar-refractivity contribution in [3.8, 4) is 5.75 Å². The van der Waals surface area contributed by atoms with E-state index >= 15 is 0 Å². The molecule has 1 aliphatic heterocycles. The summed E-state index contributed by atoms with van der Waals surface area (Å²) < 4.78 is 31.4. The topological polar surface area (TPSA) is 79.0 Å². The van der Waals surface area contributed by atoms with Gasteiger partial charge in [0.2, 0.25) is 15.9 Å². The van der Waals surface area contributed by atoms with Crippen LogP contribution < -0.4 is 10.1 Å². The quantitative estimate of drug-likeness (QED) is 0.591. The van der Waals surface area contributed by atoms with Gasteiger partial charge in [0, 0.05) is 33.6 Å². The highest BCUT2D eigenvalue weighted by molar-refractivity contribution is 7.89. The molecule has 1 amide bonds. The first kappa shape index (κ1) is 24.2. The first-order chi connectivity index (χ1) is 15.3. The number of nitrogens with one attached hydrogen (secondary N) is 1. The van der Waals surface area contributed by atoms with Crippen LogP contribution in [0.2, 0.25) is 0 Å². The van der Waals surface area contributed by atoms with E-state index in [4.69, 9.17) is 4.74 Å². The maximum absolute atomic E-state index is 12.5. The van der Waals surface area contributed by atoms with Crippen molar-refractivity contribution in [2.24, 2.45) is 0 Å². The Hall–Kier alpha value is -2.42. The molecule has 1 aliphatic rings. The summed E-state index contributed by atoms with van der Waals surface area (Å²) in [5, 5.41) is 2.97. The highest BCUT2D eigenvalue weighted by Crippen LogP contribution is 2.25. The van der Waals surface area contributed by atoms with E-state index in [9.17, 15) is 13.2 Å². The number of hydrogen-bond acceptors (Lipinski definition) is 5. The van der Waals surface area contributed by atoms with Crippen molar-refractivity contribution in [3.63, 3.8) is 0 Å². The molecule has 1 N–H and O–H groups in total. The van der Waals surface area contributed by atoms with Gasteiger partial charge in [0.05, 0.1) is 12.0 Å². The van der Waals surface area contributed by atoms with Gasteiger partial charge < -0.3 is 10.1 Å². The number of ether oxygens (including phenoxy) is 1. The molecule has 8 heteroatoms. The molecule has 0 aromatic heterocycles. The second-order valence-corrected chi connectivity index (χ2v) is 10.5. The van der Waals surface area contributed by atoms with E-state index in [-0.39, 0.29) is 17.2 Å². The number of hydrogen-bond donors (Lipinski definition) is 1. The Bertz CT molecular complexity index is 1030. The van der Waals surface area contributed by atoms with Crippen LogP contribution in [0.3, 0.4) is 0 Å². The lowest BCUT2D eigenvalue weighted by molar-refractivity contribution is -0.121. The SMILES string of the molecule is COc1ccc(S(=O)(=O)N(C)C)cc1CCC(=O)NCc1cccc(CN2CCCC2)c1. The summed E-state index contributed by atoms with van der Waals surface area (Å²) in [5.41, 5.74) is 3.03. The van der Waals surface area contributed by atoms with E-state index in [0.29, 0.717) is 24.3 Å². The molecule has 1 saturated heterocycles. The molecule has 2 aromatic rings. The lowest BCUT2D eigenvalue weighted by Crippen LogP contribution is -2.24. The van der Waals surface area contributed by atoms with Crippen LogP contribution in [0.4, 0.5) is 0 Å². The second kappa shape index (κ2) is 10.9. The summed E-state index contributed by atoms with van der Waals surface area (Å²) in [7, 11) is 0.973. The third-order valence-electron chi connectivity index (χ3n) is 5.74. The molecule has 1 fully saturated rings. The second-order valence-electron chi connectivity index (χ2n) is 8.34. The van der Waals surface area contributed by atoms with Gasteiger partial charge in [0.1, 0.15) is 5.75 Å². The maximum Gasteiger partial charge on any atom is 0.242 e. The van der Waals surface area contributed by atoms with E-state index < -0.39 is 10.0 Å². The average molecular weight is 460 g/mol. The average Bonchev–Trinajstić information content (AvgIpc) is 3.29. The van der Waals surface area contributed by atoms with Crippen LogP contribution in [0.25, 0.3) is 0 Å². The predicted octanol–water partition coefficient (Wildman–Crippen LogP) is 2.79. The van der Waals surface area contributed by atoms with Crippen molar-refractivity contribution in [1.82, 2.24) is 14.5 Å². The summed E-state index contributed by atoms with van der Waals surface area (Å²) in [6, 6.07) is 13.1. The molecular formula is C24H33N3O4S. The maximum atomic E-state index is 12.5. The molecule has 0 aliphatic carbocycles. The minimum atomic E-state index is -3.55. The molecule has 0 radical (unpaired) electrons. The molecule has 32 heavy (non-hydrogen) atoms. The van der Waals surface area contributed by atoms with Gasteiger partial charge in [-0.15, -0.1) is 0 Å². The molecule has 1 heterocycles. The summed E-state index contributed by atoms with van der Waals surface area (Å²) >= 11 is 0. The molecule has 3 rings (SSSR count). The van der Waals surface area contributed by atoms with Crippen molar-refractivity contribution < 1.29 is 17.9 Å². The summed E-state index contributed by atoms with van der Waals surface area (Å²) in [6.07, 6.45) is 3.17. The minimum Gasteiger partial charge on any atom is -0.496 e. The highest BCUT2D eigenvalue weighted by Gasteiger charge is 2.19. The van der Waals surface area contributed by atoms with Crippen LogP contribution in [0.1, 0.15) is 36.0 Å². The molecule has 174 valence electrons. The molecule has 7 nitrogen and oxygen atoms in total. The van der Waals surface area contributed by atoms with Crippen molar-refractivity contribution >= 4 is 15.9 Å². The fraction of sp³-hybridized carbons (Fsp3) is 0.458. The van der Waals surface area contributed by atoms with Gasteiger partial charge in [-0.2, -0.15) is 0 Å². The molecule has 0 spiro atoms. The number of nitrogens with zero attached hydrogens (tertiary/aromatic N) is 2. The Morgan fingerprint density at radius 2 is 1.81 bits per heavy atom. The van der Waals surface area contributed by atoms with Gasteiger partial charge in [-0.05, 0) is 67.2 Å². The largest absolute Gasteiger partial charge is 0.496 e. The number of benzene rings is 2. The zero-order valence-corrected chi connectivity index (χ0v) is 20.0. The smallest absolute Gasteiger partial charge is 0.242 e. The fourth-order valence-electron chi connectivity index (χ4n) is 3.90. The molecule has 0 bridgehead atoms. The van der Waals surface area contributed by atoms with Crippen LogP contribution >= 0.6 is 0 Å². The Kier molecular flexibility index (Phi) is 8.28. The number of amides is 1. The first-order valence-electron chi connectivity index (χ1n) is 11.0. The van der Waals surface area contributed by atoms with E-state index in [1.807, 2.05) is 12.1 Å². The van der Waals surface area contributed by atoms with Crippen LogP contribution in [0, 0.1) is 0 Å². The van der Waals surface area contributed by atoms with Gasteiger partial charge >= 0.3 is 0 Å². The third kappa shape index (κ3) is 6.31. The van der Waals surface area contributed by atoms with Crippen LogP contribution in [0.15, 0.2) is 47.4 Å². The Labute approximate surface area is 191 Å². The number of methoxy groups -OCH3 is 1. The number of likely N-dealkylation sites (tertiary alicyclic amines) is 1.